The van der Waals surface area contributed by atoms with Crippen LogP contribution in [0.4, 0.5) is 4.39 Å². The van der Waals surface area contributed by atoms with Gasteiger partial charge in [0.25, 0.3) is 0 Å². The largest absolute Gasteiger partial charge is 0.265 e. The molecule has 0 N–H and O–H groups in total. The summed E-state index contributed by atoms with van der Waals surface area (Å²) in [4.78, 5) is 10.7. The maximum atomic E-state index is 14.2. The molecule has 4 nitrogen and oxygen atoms in total. The summed E-state index contributed by atoms with van der Waals surface area (Å²) >= 11 is 7.77. The molecule has 0 unspecified atom stereocenters. The highest BCUT2D eigenvalue weighted by atomic mass is 35.5. The quantitative estimate of drug-likeness (QED) is 0.476. The number of rotatable bonds is 3. The first-order chi connectivity index (χ1) is 12.5. The zero-order chi connectivity index (χ0) is 18.3. The van der Waals surface area contributed by atoms with Gasteiger partial charge in [0, 0.05) is 24.3 Å². The van der Waals surface area contributed by atoms with E-state index in [1.807, 2.05) is 19.1 Å². The van der Waals surface area contributed by atoms with Crippen molar-refractivity contribution in [3.63, 3.8) is 0 Å². The van der Waals surface area contributed by atoms with Gasteiger partial charge < -0.3 is 0 Å². The van der Waals surface area contributed by atoms with Gasteiger partial charge in [-0.05, 0) is 48.4 Å². The van der Waals surface area contributed by atoms with Crippen LogP contribution in [-0.2, 0) is 7.05 Å². The number of aromatic nitrogens is 4. The lowest BCUT2D eigenvalue weighted by Gasteiger charge is -2.00. The molecule has 0 atom stereocenters. The maximum Gasteiger partial charge on any atom is 0.186 e. The van der Waals surface area contributed by atoms with Crippen LogP contribution in [0.5, 0.6) is 0 Å². The van der Waals surface area contributed by atoms with Crippen molar-refractivity contribution in [2.24, 2.45) is 7.05 Å². The molecule has 7 heteroatoms. The standard InChI is InChI=1S/C19H14ClFN4S/c1-11-10-15(12-6-8-22-9-7-12)26-17(11)19-23-18(24-25(19)2)16-13(20)4-3-5-14(16)21/h3-10H,1-2H3. The van der Waals surface area contributed by atoms with E-state index in [1.54, 1.807) is 47.6 Å². The third-order valence-corrected chi connectivity index (χ3v) is 5.63. The summed E-state index contributed by atoms with van der Waals surface area (Å²) in [6.07, 6.45) is 3.54. The molecule has 0 aliphatic carbocycles. The van der Waals surface area contributed by atoms with E-state index in [2.05, 4.69) is 21.1 Å². The second-order valence-corrected chi connectivity index (χ2v) is 7.30. The van der Waals surface area contributed by atoms with E-state index in [1.165, 1.54) is 6.07 Å². The van der Waals surface area contributed by atoms with E-state index in [-0.39, 0.29) is 11.4 Å². The van der Waals surface area contributed by atoms with Gasteiger partial charge in [-0.15, -0.1) is 11.3 Å². The Balaban J connectivity index is 1.81. The Labute approximate surface area is 158 Å². The van der Waals surface area contributed by atoms with Crippen LogP contribution in [0.25, 0.3) is 32.5 Å². The summed E-state index contributed by atoms with van der Waals surface area (Å²) in [6, 6.07) is 10.6. The fourth-order valence-electron chi connectivity index (χ4n) is 2.76. The Bertz CT molecular complexity index is 1070. The average Bonchev–Trinajstić information content (AvgIpc) is 3.18. The topological polar surface area (TPSA) is 43.6 Å². The molecular formula is C19H14ClFN4S. The van der Waals surface area contributed by atoms with Gasteiger partial charge in [0.15, 0.2) is 11.6 Å². The monoisotopic (exact) mass is 384 g/mol. The van der Waals surface area contributed by atoms with Crippen molar-refractivity contribution >= 4 is 22.9 Å². The summed E-state index contributed by atoms with van der Waals surface area (Å²) in [5, 5.41) is 4.67. The van der Waals surface area contributed by atoms with Crippen LogP contribution in [0.1, 0.15) is 5.56 Å². The first-order valence-electron chi connectivity index (χ1n) is 7.91. The maximum absolute atomic E-state index is 14.2. The number of pyridine rings is 1. The van der Waals surface area contributed by atoms with Crippen LogP contribution in [0.2, 0.25) is 5.02 Å². The Kier molecular flexibility index (Phi) is 4.30. The molecule has 0 fully saturated rings. The van der Waals surface area contributed by atoms with Crippen molar-refractivity contribution in [2.75, 3.05) is 0 Å². The molecule has 0 radical (unpaired) electrons. The highest BCUT2D eigenvalue weighted by Gasteiger charge is 2.20. The molecule has 4 rings (SSSR count). The van der Waals surface area contributed by atoms with Crippen molar-refractivity contribution < 1.29 is 4.39 Å². The van der Waals surface area contributed by atoms with Gasteiger partial charge in [-0.1, -0.05) is 17.7 Å². The van der Waals surface area contributed by atoms with Gasteiger partial charge in [0.2, 0.25) is 0 Å². The molecule has 4 aromatic rings. The fraction of sp³-hybridized carbons (Fsp3) is 0.105. The summed E-state index contributed by atoms with van der Waals surface area (Å²) in [7, 11) is 1.80. The molecule has 0 aliphatic heterocycles. The highest BCUT2D eigenvalue weighted by Crippen LogP contribution is 2.38. The molecule has 26 heavy (non-hydrogen) atoms. The number of hydrogen-bond donors (Lipinski definition) is 0. The van der Waals surface area contributed by atoms with E-state index in [0.717, 1.165) is 20.9 Å². The minimum atomic E-state index is -0.435. The Morgan fingerprint density at radius 2 is 1.92 bits per heavy atom. The molecule has 0 spiro atoms. The summed E-state index contributed by atoms with van der Waals surface area (Å²) in [6.45, 7) is 2.03. The van der Waals surface area contributed by atoms with Gasteiger partial charge in [-0.2, -0.15) is 5.10 Å². The van der Waals surface area contributed by atoms with Crippen LogP contribution in [0.3, 0.4) is 0 Å². The van der Waals surface area contributed by atoms with E-state index in [0.29, 0.717) is 10.8 Å². The smallest absolute Gasteiger partial charge is 0.186 e. The van der Waals surface area contributed by atoms with E-state index in [9.17, 15) is 4.39 Å². The Hall–Kier alpha value is -2.57. The number of hydrogen-bond acceptors (Lipinski definition) is 4. The molecule has 3 aromatic heterocycles. The number of nitrogens with zero attached hydrogens (tertiary/aromatic N) is 4. The van der Waals surface area contributed by atoms with Crippen molar-refractivity contribution in [1.82, 2.24) is 19.7 Å². The predicted octanol–water partition coefficient (Wildman–Crippen LogP) is 5.37. The van der Waals surface area contributed by atoms with Crippen LogP contribution in [-0.4, -0.2) is 19.7 Å². The first kappa shape index (κ1) is 16.9. The first-order valence-corrected chi connectivity index (χ1v) is 9.10. The number of aryl methyl sites for hydroxylation is 2. The lowest BCUT2D eigenvalue weighted by Crippen LogP contribution is -1.94. The normalized spacial score (nSPS) is 11.1. The van der Waals surface area contributed by atoms with E-state index in [4.69, 9.17) is 11.6 Å². The lowest BCUT2D eigenvalue weighted by molar-refractivity contribution is 0.629. The van der Waals surface area contributed by atoms with E-state index >= 15 is 0 Å². The van der Waals surface area contributed by atoms with Gasteiger partial charge in [0.1, 0.15) is 5.82 Å². The second kappa shape index (κ2) is 6.63. The summed E-state index contributed by atoms with van der Waals surface area (Å²) in [5.41, 5.74) is 2.40. The molecule has 0 amide bonds. The fourth-order valence-corrected chi connectivity index (χ4v) is 4.21. The number of thiophene rings is 1. The molecular weight excluding hydrogens is 371 g/mol. The summed E-state index contributed by atoms with van der Waals surface area (Å²) < 4.78 is 15.9. The molecule has 130 valence electrons. The zero-order valence-electron chi connectivity index (χ0n) is 14.1. The lowest BCUT2D eigenvalue weighted by atomic mass is 10.2. The Morgan fingerprint density at radius 3 is 2.65 bits per heavy atom. The van der Waals surface area contributed by atoms with Crippen LogP contribution in [0.15, 0.2) is 48.8 Å². The van der Waals surface area contributed by atoms with Crippen molar-refractivity contribution in [3.8, 4) is 32.5 Å². The highest BCUT2D eigenvalue weighted by molar-refractivity contribution is 7.19. The van der Waals surface area contributed by atoms with Crippen molar-refractivity contribution in [2.45, 2.75) is 6.92 Å². The third kappa shape index (κ3) is 2.91. The molecule has 0 bridgehead atoms. The third-order valence-electron chi connectivity index (χ3n) is 4.04. The number of halogens is 2. The van der Waals surface area contributed by atoms with Gasteiger partial charge >= 0.3 is 0 Å². The molecule has 0 saturated carbocycles. The van der Waals surface area contributed by atoms with Gasteiger partial charge in [-0.3, -0.25) is 4.98 Å². The average molecular weight is 385 g/mol. The SMILES string of the molecule is Cc1cc(-c2ccncc2)sc1-c1nc(-c2c(F)cccc2Cl)nn1C. The molecule has 0 aliphatic rings. The van der Waals surface area contributed by atoms with Gasteiger partial charge in [-0.25, -0.2) is 14.1 Å². The Morgan fingerprint density at radius 1 is 1.15 bits per heavy atom. The zero-order valence-corrected chi connectivity index (χ0v) is 15.6. The second-order valence-electron chi connectivity index (χ2n) is 5.84. The summed E-state index contributed by atoms with van der Waals surface area (Å²) in [5.74, 6) is 0.529. The molecule has 0 saturated heterocycles. The van der Waals surface area contributed by atoms with Crippen molar-refractivity contribution in [3.05, 3.63) is 65.2 Å². The van der Waals surface area contributed by atoms with Crippen LogP contribution < -0.4 is 0 Å². The number of benzene rings is 1. The molecule has 3 heterocycles. The minimum absolute atomic E-state index is 0.222. The van der Waals surface area contributed by atoms with Gasteiger partial charge in [0.05, 0.1) is 15.5 Å². The van der Waals surface area contributed by atoms with Crippen LogP contribution in [0, 0.1) is 12.7 Å². The predicted molar refractivity (Wildman–Crippen MR) is 103 cm³/mol. The van der Waals surface area contributed by atoms with Crippen LogP contribution >= 0.6 is 22.9 Å². The van der Waals surface area contributed by atoms with E-state index < -0.39 is 5.82 Å². The minimum Gasteiger partial charge on any atom is -0.265 e. The van der Waals surface area contributed by atoms with Crippen molar-refractivity contribution in [1.29, 1.82) is 0 Å². The molecule has 1 aromatic carbocycles.